The number of amides is 1. The van der Waals surface area contributed by atoms with Crippen molar-refractivity contribution in [1.29, 1.82) is 0 Å². The normalized spacial score (nSPS) is 18.6. The van der Waals surface area contributed by atoms with Crippen LogP contribution in [-0.4, -0.2) is 35.7 Å². The van der Waals surface area contributed by atoms with Gasteiger partial charge in [0.05, 0.1) is 24.8 Å². The first-order chi connectivity index (χ1) is 14.2. The Labute approximate surface area is 169 Å². The van der Waals surface area contributed by atoms with E-state index in [0.29, 0.717) is 25.3 Å². The monoisotopic (exact) mass is 389 g/mol. The lowest BCUT2D eigenvalue weighted by Crippen LogP contribution is -2.30. The first kappa shape index (κ1) is 17.9. The summed E-state index contributed by atoms with van der Waals surface area (Å²) in [7, 11) is 0. The standard InChI is InChI=1S/C24H23NO4/c26-21-14-17-6-2-1-5-16(17)13-19(21)24(27)25-10-3-7-20(25)18-8-9-22-23(15-18)29-12-4-11-28-22/h1-2,5-6,8-9,13-15,20,26H,3-4,7,10-12H2. The summed E-state index contributed by atoms with van der Waals surface area (Å²) < 4.78 is 11.6. The lowest BCUT2D eigenvalue weighted by atomic mass is 10.0. The number of hydrogen-bond acceptors (Lipinski definition) is 4. The number of phenolic OH excluding ortho intramolecular Hbond substituents is 1. The molecule has 3 aromatic carbocycles. The molecule has 0 radical (unpaired) electrons. The molecule has 29 heavy (non-hydrogen) atoms. The van der Waals surface area contributed by atoms with E-state index >= 15 is 0 Å². The number of aromatic hydroxyl groups is 1. The van der Waals surface area contributed by atoms with Crippen LogP contribution in [0.2, 0.25) is 0 Å². The number of nitrogens with zero attached hydrogens (tertiary/aromatic N) is 1. The van der Waals surface area contributed by atoms with Crippen molar-refractivity contribution >= 4 is 16.7 Å². The zero-order valence-electron chi connectivity index (χ0n) is 16.1. The molecule has 148 valence electrons. The number of rotatable bonds is 2. The fourth-order valence-corrected chi connectivity index (χ4v) is 4.30. The second kappa shape index (κ2) is 7.32. The molecule has 1 amide bonds. The third-order valence-corrected chi connectivity index (χ3v) is 5.76. The van der Waals surface area contributed by atoms with Crippen LogP contribution in [0.25, 0.3) is 10.8 Å². The van der Waals surface area contributed by atoms with Gasteiger partial charge >= 0.3 is 0 Å². The molecule has 0 aromatic heterocycles. The Morgan fingerprint density at radius 3 is 2.52 bits per heavy atom. The van der Waals surface area contributed by atoms with Gasteiger partial charge in [0.15, 0.2) is 11.5 Å². The molecule has 2 heterocycles. The summed E-state index contributed by atoms with van der Waals surface area (Å²) in [6, 6.07) is 17.1. The van der Waals surface area contributed by atoms with Crippen LogP contribution in [0.3, 0.4) is 0 Å². The largest absolute Gasteiger partial charge is 0.507 e. The average Bonchev–Trinajstić information content (AvgIpc) is 3.11. The summed E-state index contributed by atoms with van der Waals surface area (Å²) in [5.41, 5.74) is 1.39. The Hall–Kier alpha value is -3.21. The second-order valence-electron chi connectivity index (χ2n) is 7.63. The van der Waals surface area contributed by atoms with Crippen molar-refractivity contribution in [1.82, 2.24) is 4.90 Å². The maximum absolute atomic E-state index is 13.3. The molecule has 1 unspecified atom stereocenters. The minimum atomic E-state index is -0.136. The molecule has 0 bridgehead atoms. The van der Waals surface area contributed by atoms with Crippen molar-refractivity contribution in [2.75, 3.05) is 19.8 Å². The van der Waals surface area contributed by atoms with Gasteiger partial charge in [-0.15, -0.1) is 0 Å². The highest BCUT2D eigenvalue weighted by Crippen LogP contribution is 2.39. The highest BCUT2D eigenvalue weighted by Gasteiger charge is 2.32. The Bertz CT molecular complexity index is 1080. The topological polar surface area (TPSA) is 59.0 Å². The van der Waals surface area contributed by atoms with Gasteiger partial charge in [-0.2, -0.15) is 0 Å². The van der Waals surface area contributed by atoms with Gasteiger partial charge in [-0.1, -0.05) is 30.3 Å². The molecule has 3 aromatic rings. The van der Waals surface area contributed by atoms with E-state index in [2.05, 4.69) is 0 Å². The van der Waals surface area contributed by atoms with E-state index in [-0.39, 0.29) is 17.7 Å². The van der Waals surface area contributed by atoms with Crippen LogP contribution in [0.5, 0.6) is 17.2 Å². The third kappa shape index (κ3) is 3.27. The number of benzene rings is 3. The highest BCUT2D eigenvalue weighted by molar-refractivity contribution is 6.01. The lowest BCUT2D eigenvalue weighted by Gasteiger charge is -2.26. The smallest absolute Gasteiger partial charge is 0.258 e. The summed E-state index contributed by atoms with van der Waals surface area (Å²) in [5.74, 6) is 1.39. The molecule has 1 saturated heterocycles. The number of fused-ring (bicyclic) bond motifs is 2. The number of carbonyl (C=O) groups excluding carboxylic acids is 1. The molecule has 5 rings (SSSR count). The molecule has 0 spiro atoms. The SMILES string of the molecule is O=C(c1cc2ccccc2cc1O)N1CCCC1c1ccc2c(c1)OCCCO2. The third-order valence-electron chi connectivity index (χ3n) is 5.76. The zero-order chi connectivity index (χ0) is 19.8. The summed E-state index contributed by atoms with van der Waals surface area (Å²) >= 11 is 0. The van der Waals surface area contributed by atoms with Crippen LogP contribution in [0.1, 0.15) is 41.2 Å². The van der Waals surface area contributed by atoms with Crippen molar-refractivity contribution in [3.05, 3.63) is 65.7 Å². The molecular weight excluding hydrogens is 366 g/mol. The number of likely N-dealkylation sites (tertiary alicyclic amines) is 1. The first-order valence-corrected chi connectivity index (χ1v) is 10.1. The number of ether oxygens (including phenoxy) is 2. The predicted molar refractivity (Wildman–Crippen MR) is 111 cm³/mol. The van der Waals surface area contributed by atoms with E-state index in [1.165, 1.54) is 0 Å². The molecule has 1 atom stereocenters. The van der Waals surface area contributed by atoms with Crippen molar-refractivity contribution in [3.8, 4) is 17.2 Å². The van der Waals surface area contributed by atoms with Crippen molar-refractivity contribution in [3.63, 3.8) is 0 Å². The Morgan fingerprint density at radius 2 is 1.69 bits per heavy atom. The molecule has 5 nitrogen and oxygen atoms in total. The summed E-state index contributed by atoms with van der Waals surface area (Å²) in [6.45, 7) is 1.96. The predicted octanol–water partition coefficient (Wildman–Crippen LogP) is 4.68. The number of phenols is 1. The molecular formula is C24H23NO4. The molecule has 0 aliphatic carbocycles. The van der Waals surface area contributed by atoms with Gasteiger partial charge in [-0.3, -0.25) is 4.79 Å². The summed E-state index contributed by atoms with van der Waals surface area (Å²) in [4.78, 5) is 15.2. The number of hydrogen-bond donors (Lipinski definition) is 1. The van der Waals surface area contributed by atoms with Gasteiger partial charge in [-0.25, -0.2) is 0 Å². The summed E-state index contributed by atoms with van der Waals surface area (Å²) in [6.07, 6.45) is 2.68. The van der Waals surface area contributed by atoms with E-state index in [9.17, 15) is 9.90 Å². The van der Waals surface area contributed by atoms with Gasteiger partial charge < -0.3 is 19.5 Å². The van der Waals surface area contributed by atoms with Crippen molar-refractivity contribution in [2.24, 2.45) is 0 Å². The minimum absolute atomic E-state index is 0.0259. The van der Waals surface area contributed by atoms with Crippen LogP contribution < -0.4 is 9.47 Å². The average molecular weight is 389 g/mol. The van der Waals surface area contributed by atoms with Crippen molar-refractivity contribution < 1.29 is 19.4 Å². The second-order valence-corrected chi connectivity index (χ2v) is 7.63. The maximum atomic E-state index is 13.3. The molecule has 2 aliphatic rings. The van der Waals surface area contributed by atoms with E-state index in [4.69, 9.17) is 9.47 Å². The Kier molecular flexibility index (Phi) is 4.51. The van der Waals surface area contributed by atoms with E-state index in [0.717, 1.165) is 47.1 Å². The van der Waals surface area contributed by atoms with Crippen LogP contribution in [-0.2, 0) is 0 Å². The van der Waals surface area contributed by atoms with E-state index in [1.807, 2.05) is 47.4 Å². The van der Waals surface area contributed by atoms with Crippen LogP contribution in [0.15, 0.2) is 54.6 Å². The van der Waals surface area contributed by atoms with Crippen molar-refractivity contribution in [2.45, 2.75) is 25.3 Å². The summed E-state index contributed by atoms with van der Waals surface area (Å²) in [5, 5.41) is 12.4. The number of carbonyl (C=O) groups is 1. The first-order valence-electron chi connectivity index (χ1n) is 10.1. The maximum Gasteiger partial charge on any atom is 0.258 e. The van der Waals surface area contributed by atoms with Gasteiger partial charge in [0.1, 0.15) is 5.75 Å². The Morgan fingerprint density at radius 1 is 0.931 bits per heavy atom. The van der Waals surface area contributed by atoms with Gasteiger partial charge in [-0.05, 0) is 53.4 Å². The van der Waals surface area contributed by atoms with Crippen LogP contribution in [0.4, 0.5) is 0 Å². The van der Waals surface area contributed by atoms with Crippen LogP contribution >= 0.6 is 0 Å². The quantitative estimate of drug-likeness (QED) is 0.691. The molecule has 1 fully saturated rings. The molecule has 5 heteroatoms. The molecule has 1 N–H and O–H groups in total. The fourth-order valence-electron chi connectivity index (χ4n) is 4.30. The highest BCUT2D eigenvalue weighted by atomic mass is 16.5. The van der Waals surface area contributed by atoms with E-state index in [1.54, 1.807) is 12.1 Å². The van der Waals surface area contributed by atoms with Gasteiger partial charge in [0.2, 0.25) is 0 Å². The van der Waals surface area contributed by atoms with Gasteiger partial charge in [0.25, 0.3) is 5.91 Å². The zero-order valence-corrected chi connectivity index (χ0v) is 16.1. The lowest BCUT2D eigenvalue weighted by molar-refractivity contribution is 0.0732. The van der Waals surface area contributed by atoms with E-state index < -0.39 is 0 Å². The van der Waals surface area contributed by atoms with Gasteiger partial charge in [0, 0.05) is 13.0 Å². The minimum Gasteiger partial charge on any atom is -0.507 e. The fraction of sp³-hybridized carbons (Fsp3) is 0.292. The Balaban J connectivity index is 1.47. The molecule has 2 aliphatic heterocycles. The van der Waals surface area contributed by atoms with Crippen LogP contribution in [0, 0.1) is 0 Å². The molecule has 0 saturated carbocycles.